The van der Waals surface area contributed by atoms with Crippen molar-refractivity contribution in [1.82, 2.24) is 0 Å². The van der Waals surface area contributed by atoms with E-state index in [-0.39, 0.29) is 5.97 Å². The zero-order valence-corrected chi connectivity index (χ0v) is 17.6. The molecule has 0 amide bonds. The highest BCUT2D eigenvalue weighted by atomic mass is 28.4. The van der Waals surface area contributed by atoms with Crippen molar-refractivity contribution in [2.24, 2.45) is 5.92 Å². The van der Waals surface area contributed by atoms with Crippen molar-refractivity contribution in [2.45, 2.75) is 117 Å². The summed E-state index contributed by atoms with van der Waals surface area (Å²) in [6, 6.07) is 0. The molecule has 0 saturated heterocycles. The van der Waals surface area contributed by atoms with E-state index in [2.05, 4.69) is 33.5 Å². The van der Waals surface area contributed by atoms with Gasteiger partial charge in [0.2, 0.25) is 8.32 Å². The molecule has 0 fully saturated rings. The van der Waals surface area contributed by atoms with Crippen LogP contribution in [0, 0.1) is 5.92 Å². The zero-order valence-electron chi connectivity index (χ0n) is 16.6. The Labute approximate surface area is 146 Å². The highest BCUT2D eigenvalue weighted by Gasteiger charge is 2.19. The summed E-state index contributed by atoms with van der Waals surface area (Å²) in [4.78, 5) is 11.6. The van der Waals surface area contributed by atoms with Gasteiger partial charge in [-0.15, -0.1) is 0 Å². The number of carbonyl (C=O) groups excluding carboxylic acids is 1. The number of carbonyl (C=O) groups is 1. The Balaban J connectivity index is 3.35. The third-order valence-corrected chi connectivity index (χ3v) is 5.14. The smallest absolute Gasteiger partial charge is 0.292 e. The van der Waals surface area contributed by atoms with Gasteiger partial charge in [-0.3, -0.25) is 4.79 Å². The van der Waals surface area contributed by atoms with Gasteiger partial charge in [0.1, 0.15) is 0 Å². The third kappa shape index (κ3) is 17.9. The molecular formula is C20H42O2Si. The first-order chi connectivity index (χ1) is 10.8. The van der Waals surface area contributed by atoms with E-state index in [1.165, 1.54) is 70.6 Å². The largest absolute Gasteiger partial charge is 0.520 e. The second kappa shape index (κ2) is 14.1. The van der Waals surface area contributed by atoms with Gasteiger partial charge in [-0.25, -0.2) is 0 Å². The number of rotatable bonds is 15. The molecule has 0 aliphatic heterocycles. The van der Waals surface area contributed by atoms with E-state index in [0.29, 0.717) is 6.42 Å². The van der Waals surface area contributed by atoms with Crippen LogP contribution in [0.15, 0.2) is 0 Å². The van der Waals surface area contributed by atoms with Crippen LogP contribution in [0.5, 0.6) is 0 Å². The van der Waals surface area contributed by atoms with Crippen LogP contribution in [0.2, 0.25) is 19.6 Å². The predicted octanol–water partition coefficient (Wildman–Crippen LogP) is 7.09. The summed E-state index contributed by atoms with van der Waals surface area (Å²) in [5.74, 6) is 0.888. The van der Waals surface area contributed by atoms with Crippen LogP contribution in [0.1, 0.15) is 97.3 Å². The quantitative estimate of drug-likeness (QED) is 0.234. The summed E-state index contributed by atoms with van der Waals surface area (Å²) in [5.41, 5.74) is 0. The lowest BCUT2D eigenvalue weighted by atomic mass is 9.96. The maximum Gasteiger partial charge on any atom is 0.292 e. The predicted molar refractivity (Wildman–Crippen MR) is 104 cm³/mol. The molecule has 0 spiro atoms. The fourth-order valence-electron chi connectivity index (χ4n) is 2.93. The van der Waals surface area contributed by atoms with Gasteiger partial charge in [0.05, 0.1) is 0 Å². The molecule has 138 valence electrons. The fraction of sp³-hybridized carbons (Fsp3) is 0.950. The van der Waals surface area contributed by atoms with Gasteiger partial charge in [0.25, 0.3) is 5.97 Å². The molecule has 0 bridgehead atoms. The Kier molecular flexibility index (Phi) is 13.9. The third-order valence-electron chi connectivity index (χ3n) is 4.30. The summed E-state index contributed by atoms with van der Waals surface area (Å²) >= 11 is 0. The van der Waals surface area contributed by atoms with Crippen LogP contribution in [-0.2, 0) is 9.22 Å². The molecule has 0 aromatic carbocycles. The highest BCUT2D eigenvalue weighted by molar-refractivity contribution is 6.71. The lowest BCUT2D eigenvalue weighted by molar-refractivity contribution is -0.135. The van der Waals surface area contributed by atoms with E-state index >= 15 is 0 Å². The molecule has 0 saturated carbocycles. The van der Waals surface area contributed by atoms with Crippen LogP contribution in [-0.4, -0.2) is 14.3 Å². The molecule has 0 aromatic heterocycles. The molecule has 3 heteroatoms. The average Bonchev–Trinajstić information content (AvgIpc) is 2.44. The number of unbranched alkanes of at least 4 members (excludes halogenated alkanes) is 8. The van der Waals surface area contributed by atoms with Gasteiger partial charge >= 0.3 is 0 Å². The molecule has 0 heterocycles. The van der Waals surface area contributed by atoms with Crippen molar-refractivity contribution in [3.63, 3.8) is 0 Å². The highest BCUT2D eigenvalue weighted by Crippen LogP contribution is 2.18. The number of hydrogen-bond donors (Lipinski definition) is 0. The first kappa shape index (κ1) is 22.7. The van der Waals surface area contributed by atoms with Crippen molar-refractivity contribution in [1.29, 1.82) is 0 Å². The standard InChI is InChI=1S/C20H42O2Si/c1-6-7-8-9-10-13-16-19(2)17-14-11-12-15-18-20(21)22-23(3,4)5/h19H,6-18H2,1-5H3. The van der Waals surface area contributed by atoms with Crippen LogP contribution in [0.25, 0.3) is 0 Å². The molecule has 0 aliphatic rings. The van der Waals surface area contributed by atoms with Gasteiger partial charge in [-0.05, 0) is 32.0 Å². The monoisotopic (exact) mass is 342 g/mol. The Morgan fingerprint density at radius 2 is 1.30 bits per heavy atom. The molecule has 1 atom stereocenters. The first-order valence-corrected chi connectivity index (χ1v) is 13.5. The zero-order chi connectivity index (χ0) is 17.6. The van der Waals surface area contributed by atoms with Crippen molar-refractivity contribution in [2.75, 3.05) is 0 Å². The van der Waals surface area contributed by atoms with Crippen molar-refractivity contribution in [3.8, 4) is 0 Å². The number of hydrogen-bond acceptors (Lipinski definition) is 2. The van der Waals surface area contributed by atoms with Gasteiger partial charge in [-0.1, -0.05) is 84.5 Å². The Hall–Kier alpha value is -0.313. The second-order valence-electron chi connectivity index (χ2n) is 8.20. The van der Waals surface area contributed by atoms with E-state index in [1.54, 1.807) is 0 Å². The van der Waals surface area contributed by atoms with Crippen LogP contribution in [0.3, 0.4) is 0 Å². The van der Waals surface area contributed by atoms with Gasteiger partial charge in [-0.2, -0.15) is 0 Å². The summed E-state index contributed by atoms with van der Waals surface area (Å²) < 4.78 is 5.46. The lowest BCUT2D eigenvalue weighted by Gasteiger charge is -2.17. The van der Waals surface area contributed by atoms with Gasteiger partial charge in [0, 0.05) is 6.42 Å². The van der Waals surface area contributed by atoms with E-state index < -0.39 is 8.32 Å². The maximum atomic E-state index is 11.6. The van der Waals surface area contributed by atoms with Gasteiger partial charge in [0.15, 0.2) is 0 Å². The molecule has 2 nitrogen and oxygen atoms in total. The first-order valence-electron chi connectivity index (χ1n) is 10.1. The molecular weight excluding hydrogens is 300 g/mol. The molecule has 23 heavy (non-hydrogen) atoms. The van der Waals surface area contributed by atoms with Crippen LogP contribution in [0.4, 0.5) is 0 Å². The molecule has 0 radical (unpaired) electrons. The maximum absolute atomic E-state index is 11.6. The summed E-state index contributed by atoms with van der Waals surface area (Å²) in [6.45, 7) is 10.9. The molecule has 0 aliphatic carbocycles. The van der Waals surface area contributed by atoms with Crippen molar-refractivity contribution >= 4 is 14.3 Å². The van der Waals surface area contributed by atoms with Crippen molar-refractivity contribution in [3.05, 3.63) is 0 Å². The van der Waals surface area contributed by atoms with Gasteiger partial charge < -0.3 is 4.43 Å². The van der Waals surface area contributed by atoms with E-state index in [0.717, 1.165) is 12.3 Å². The molecule has 0 aromatic rings. The lowest BCUT2D eigenvalue weighted by Crippen LogP contribution is -2.28. The molecule has 1 unspecified atom stereocenters. The van der Waals surface area contributed by atoms with Crippen molar-refractivity contribution < 1.29 is 9.22 Å². The minimum atomic E-state index is -1.68. The summed E-state index contributed by atoms with van der Waals surface area (Å²) in [6.07, 6.45) is 16.5. The van der Waals surface area contributed by atoms with E-state index in [4.69, 9.17) is 4.43 Å². The Morgan fingerprint density at radius 1 is 0.826 bits per heavy atom. The van der Waals surface area contributed by atoms with E-state index in [9.17, 15) is 4.79 Å². The Bertz CT molecular complexity index is 284. The van der Waals surface area contributed by atoms with Crippen LogP contribution < -0.4 is 0 Å². The fourth-order valence-corrected chi connectivity index (χ4v) is 3.71. The summed E-state index contributed by atoms with van der Waals surface area (Å²) in [7, 11) is -1.68. The van der Waals surface area contributed by atoms with Crippen LogP contribution >= 0.6 is 0 Å². The Morgan fingerprint density at radius 3 is 1.83 bits per heavy atom. The molecule has 0 N–H and O–H groups in total. The SMILES string of the molecule is CCCCCCCCC(C)CCCCCCC(=O)O[Si](C)(C)C. The second-order valence-corrected chi connectivity index (χ2v) is 12.6. The normalized spacial score (nSPS) is 13.1. The van der Waals surface area contributed by atoms with E-state index in [1.807, 2.05) is 0 Å². The average molecular weight is 343 g/mol. The minimum absolute atomic E-state index is 0.0145. The molecule has 0 rings (SSSR count). The topological polar surface area (TPSA) is 26.3 Å². The summed E-state index contributed by atoms with van der Waals surface area (Å²) in [5, 5.41) is 0. The minimum Gasteiger partial charge on any atom is -0.520 e.